The zero-order valence-electron chi connectivity index (χ0n) is 15.1. The van der Waals surface area contributed by atoms with Crippen molar-refractivity contribution in [2.24, 2.45) is 15.7 Å². The number of anilines is 2. The van der Waals surface area contributed by atoms with Gasteiger partial charge in [-0.2, -0.15) is 4.99 Å². The number of rotatable bonds is 4. The lowest BCUT2D eigenvalue weighted by molar-refractivity contribution is -0.123. The van der Waals surface area contributed by atoms with Crippen molar-refractivity contribution in [2.75, 3.05) is 10.6 Å². The molecule has 0 saturated heterocycles. The molecule has 0 bridgehead atoms. The Bertz CT molecular complexity index is 958. The first-order chi connectivity index (χ1) is 13.4. The van der Waals surface area contributed by atoms with Crippen LogP contribution >= 0.6 is 11.6 Å². The summed E-state index contributed by atoms with van der Waals surface area (Å²) in [5, 5.41) is 8.50. The van der Waals surface area contributed by atoms with Crippen LogP contribution in [-0.2, 0) is 9.59 Å². The average Bonchev–Trinajstić information content (AvgIpc) is 2.97. The predicted molar refractivity (Wildman–Crippen MR) is 110 cm³/mol. The van der Waals surface area contributed by atoms with Crippen LogP contribution in [-0.4, -0.2) is 29.8 Å². The van der Waals surface area contributed by atoms with Crippen LogP contribution in [0.3, 0.4) is 0 Å². The van der Waals surface area contributed by atoms with Crippen molar-refractivity contribution in [3.8, 4) is 0 Å². The third-order valence-electron chi connectivity index (χ3n) is 3.87. The van der Waals surface area contributed by atoms with Crippen LogP contribution in [0.1, 0.15) is 12.0 Å². The normalized spacial score (nSPS) is 16.4. The van der Waals surface area contributed by atoms with Crippen LogP contribution in [0.15, 0.2) is 58.5 Å². The van der Waals surface area contributed by atoms with Crippen LogP contribution in [0, 0.1) is 6.92 Å². The lowest BCUT2D eigenvalue weighted by Gasteiger charge is -2.09. The number of hydrogen-bond acceptors (Lipinski definition) is 4. The lowest BCUT2D eigenvalue weighted by atomic mass is 10.2. The molecular weight excluding hydrogens is 380 g/mol. The Morgan fingerprint density at radius 2 is 2.00 bits per heavy atom. The maximum Gasteiger partial charge on any atom is 0.252 e. The molecule has 1 heterocycles. The molecule has 8 nitrogen and oxygen atoms in total. The topological polar surface area (TPSA) is 121 Å². The standard InChI is InChI=1S/C19H19ClN6O2/c1-11-7-8-14(13(20)9-11)23-16(27)10-15-17(28)25-19(24-15)26-18(21)22-12-5-3-2-4-6-12/h2-9,15H,10H2,1H3,(H,23,27)(H4,21,22,24,25,26,28). The van der Waals surface area contributed by atoms with Crippen molar-refractivity contribution in [1.82, 2.24) is 5.32 Å². The number of hydrogen-bond donors (Lipinski definition) is 4. The summed E-state index contributed by atoms with van der Waals surface area (Å²) in [6.07, 6.45) is -0.138. The fourth-order valence-electron chi connectivity index (χ4n) is 2.54. The molecule has 5 N–H and O–H groups in total. The average molecular weight is 399 g/mol. The van der Waals surface area contributed by atoms with E-state index in [1.165, 1.54) is 0 Å². The fraction of sp³-hybridized carbons (Fsp3) is 0.158. The van der Waals surface area contributed by atoms with Gasteiger partial charge in [0.2, 0.25) is 17.8 Å². The molecule has 144 valence electrons. The predicted octanol–water partition coefficient (Wildman–Crippen LogP) is 2.26. The van der Waals surface area contributed by atoms with Crippen LogP contribution in [0.4, 0.5) is 11.4 Å². The van der Waals surface area contributed by atoms with Crippen molar-refractivity contribution >= 4 is 46.7 Å². The van der Waals surface area contributed by atoms with Crippen LogP contribution in [0.25, 0.3) is 0 Å². The molecule has 0 saturated carbocycles. The number of benzene rings is 2. The number of carbonyl (C=O) groups excluding carboxylic acids is 2. The second-order valence-electron chi connectivity index (χ2n) is 6.18. The highest BCUT2D eigenvalue weighted by Gasteiger charge is 2.28. The smallest absolute Gasteiger partial charge is 0.252 e. The summed E-state index contributed by atoms with van der Waals surface area (Å²) in [4.78, 5) is 32.5. The Morgan fingerprint density at radius 1 is 1.25 bits per heavy atom. The Kier molecular flexibility index (Phi) is 5.90. The second-order valence-corrected chi connectivity index (χ2v) is 6.59. The van der Waals surface area contributed by atoms with E-state index in [2.05, 4.69) is 25.9 Å². The van der Waals surface area contributed by atoms with Gasteiger partial charge in [0, 0.05) is 5.69 Å². The first-order valence-electron chi connectivity index (χ1n) is 8.51. The molecule has 0 spiro atoms. The van der Waals surface area contributed by atoms with Gasteiger partial charge >= 0.3 is 0 Å². The number of nitrogens with one attached hydrogen (secondary N) is 3. The van der Waals surface area contributed by atoms with Gasteiger partial charge in [0.1, 0.15) is 6.04 Å². The molecule has 1 atom stereocenters. The molecule has 9 heteroatoms. The first-order valence-corrected chi connectivity index (χ1v) is 8.89. The number of halogens is 1. The molecule has 0 fully saturated rings. The van der Waals surface area contributed by atoms with Gasteiger partial charge in [0.25, 0.3) is 5.91 Å². The van der Waals surface area contributed by atoms with Gasteiger partial charge in [-0.3, -0.25) is 14.9 Å². The van der Waals surface area contributed by atoms with E-state index in [1.807, 2.05) is 43.3 Å². The van der Waals surface area contributed by atoms with Gasteiger partial charge in [0.05, 0.1) is 17.1 Å². The molecule has 2 aromatic rings. The number of nitrogens with zero attached hydrogens (tertiary/aromatic N) is 2. The molecule has 0 aromatic heterocycles. The summed E-state index contributed by atoms with van der Waals surface area (Å²) in [5.41, 5.74) is 8.03. The second kappa shape index (κ2) is 8.53. The quantitative estimate of drug-likeness (QED) is 0.466. The van der Waals surface area contributed by atoms with Gasteiger partial charge in [-0.1, -0.05) is 35.9 Å². The minimum absolute atomic E-state index is 0.0529. The van der Waals surface area contributed by atoms with Gasteiger partial charge < -0.3 is 16.4 Å². The maximum atomic E-state index is 12.2. The summed E-state index contributed by atoms with van der Waals surface area (Å²) in [6.45, 7) is 1.90. The minimum atomic E-state index is -0.882. The van der Waals surface area contributed by atoms with E-state index in [0.29, 0.717) is 10.7 Å². The van der Waals surface area contributed by atoms with E-state index < -0.39 is 11.9 Å². The van der Waals surface area contributed by atoms with E-state index in [9.17, 15) is 9.59 Å². The summed E-state index contributed by atoms with van der Waals surface area (Å²) < 4.78 is 0. The van der Waals surface area contributed by atoms with Crippen molar-refractivity contribution < 1.29 is 9.59 Å². The van der Waals surface area contributed by atoms with Crippen molar-refractivity contribution in [1.29, 1.82) is 0 Å². The van der Waals surface area contributed by atoms with E-state index in [-0.39, 0.29) is 24.2 Å². The minimum Gasteiger partial charge on any atom is -0.369 e. The Hall–Kier alpha value is -3.39. The largest absolute Gasteiger partial charge is 0.369 e. The highest BCUT2D eigenvalue weighted by molar-refractivity contribution is 6.33. The van der Waals surface area contributed by atoms with E-state index in [1.54, 1.807) is 12.1 Å². The molecule has 0 aliphatic carbocycles. The molecule has 1 aliphatic heterocycles. The molecule has 1 unspecified atom stereocenters. The number of aryl methyl sites for hydroxylation is 1. The van der Waals surface area contributed by atoms with Crippen molar-refractivity contribution in [3.05, 3.63) is 59.1 Å². The van der Waals surface area contributed by atoms with Crippen molar-refractivity contribution in [3.63, 3.8) is 0 Å². The van der Waals surface area contributed by atoms with Crippen LogP contribution in [0.5, 0.6) is 0 Å². The molecule has 0 radical (unpaired) electrons. The third-order valence-corrected chi connectivity index (χ3v) is 4.18. The van der Waals surface area contributed by atoms with Crippen LogP contribution < -0.4 is 21.7 Å². The first kappa shape index (κ1) is 19.4. The number of para-hydroxylation sites is 1. The van der Waals surface area contributed by atoms with Gasteiger partial charge in [-0.25, -0.2) is 4.99 Å². The Labute approximate surface area is 166 Å². The van der Waals surface area contributed by atoms with Gasteiger partial charge in [0.15, 0.2) is 0 Å². The number of amides is 2. The molecule has 28 heavy (non-hydrogen) atoms. The molecule has 1 aliphatic rings. The summed E-state index contributed by atoms with van der Waals surface area (Å²) in [7, 11) is 0. The lowest BCUT2D eigenvalue weighted by Crippen LogP contribution is -2.32. The monoisotopic (exact) mass is 398 g/mol. The van der Waals surface area contributed by atoms with Crippen molar-refractivity contribution in [2.45, 2.75) is 19.4 Å². The highest BCUT2D eigenvalue weighted by atomic mass is 35.5. The van der Waals surface area contributed by atoms with E-state index in [4.69, 9.17) is 17.3 Å². The number of aliphatic imine (C=N–C) groups is 2. The zero-order chi connectivity index (χ0) is 20.1. The fourth-order valence-corrected chi connectivity index (χ4v) is 2.82. The number of nitrogens with two attached hydrogens (primary N) is 1. The SMILES string of the molecule is Cc1ccc(NC(=O)CC2N=C(/N=C(\N)Nc3ccccc3)NC2=O)c(Cl)c1. The van der Waals surface area contributed by atoms with Gasteiger partial charge in [-0.05, 0) is 36.8 Å². The highest BCUT2D eigenvalue weighted by Crippen LogP contribution is 2.23. The maximum absolute atomic E-state index is 12.2. The van der Waals surface area contributed by atoms with E-state index in [0.717, 1.165) is 11.3 Å². The van der Waals surface area contributed by atoms with E-state index >= 15 is 0 Å². The van der Waals surface area contributed by atoms with Crippen LogP contribution in [0.2, 0.25) is 5.02 Å². The summed E-state index contributed by atoms with van der Waals surface area (Å²) >= 11 is 6.11. The summed E-state index contributed by atoms with van der Waals surface area (Å²) in [6, 6.07) is 13.6. The number of guanidine groups is 2. The molecule has 2 aromatic carbocycles. The Balaban J connectivity index is 1.61. The van der Waals surface area contributed by atoms with Gasteiger partial charge in [-0.15, -0.1) is 0 Å². The third kappa shape index (κ3) is 5.08. The molecule has 2 amide bonds. The zero-order valence-corrected chi connectivity index (χ0v) is 15.8. The Morgan fingerprint density at radius 3 is 2.71 bits per heavy atom. The summed E-state index contributed by atoms with van der Waals surface area (Å²) in [5.74, 6) is -0.675. The molecular formula is C19H19ClN6O2. The number of carbonyl (C=O) groups is 2. The molecule has 3 rings (SSSR count).